The zero-order valence-electron chi connectivity index (χ0n) is 49.1. The van der Waals surface area contributed by atoms with Gasteiger partial charge in [0.25, 0.3) is 0 Å². The Bertz CT molecular complexity index is 1840. The number of carbonyl (C=O) groups is 4. The van der Waals surface area contributed by atoms with Crippen molar-refractivity contribution in [1.29, 1.82) is 0 Å². The van der Waals surface area contributed by atoms with Crippen molar-refractivity contribution >= 4 is 23.9 Å². The number of aliphatic hydroxyl groups excluding tert-OH is 2. The van der Waals surface area contributed by atoms with Crippen LogP contribution in [-0.4, -0.2) is 89.2 Å². The van der Waals surface area contributed by atoms with Crippen LogP contribution in [0.2, 0.25) is 0 Å². The highest BCUT2D eigenvalue weighted by molar-refractivity contribution is 5.74. The molecule has 0 aliphatic carbocycles. The number of hydrogen-bond donors (Lipinski definition) is 3. The molecular formula is C67H106O12. The van der Waals surface area contributed by atoms with Crippen LogP contribution < -0.4 is 0 Å². The van der Waals surface area contributed by atoms with Crippen molar-refractivity contribution in [3.8, 4) is 0 Å². The van der Waals surface area contributed by atoms with E-state index in [0.29, 0.717) is 19.3 Å². The molecule has 1 fully saturated rings. The van der Waals surface area contributed by atoms with Gasteiger partial charge in [-0.1, -0.05) is 206 Å². The number of allylic oxidation sites excluding steroid dienone is 20. The van der Waals surface area contributed by atoms with Crippen molar-refractivity contribution < 1.29 is 58.2 Å². The number of hydrogen-bond acceptors (Lipinski definition) is 11. The fraction of sp³-hybridized carbons (Fsp3) is 0.642. The van der Waals surface area contributed by atoms with Gasteiger partial charge in [0.1, 0.15) is 18.8 Å². The molecule has 0 bridgehead atoms. The SMILES string of the molecule is CC/C=C\C/C=C\C/C=C\C/C=C\C/C=C\CCCCCC(=O)OCC(COC1OC(C(=O)O)C(O)C(O)C1OC(=O)CCCCCCC/C=C\C/C=C\CCC)OC(=O)CCCCCCCCC/C=C\C/C=C\C/C=C\CC. The molecule has 6 unspecified atom stereocenters. The summed E-state index contributed by atoms with van der Waals surface area (Å²) in [7, 11) is 0. The van der Waals surface area contributed by atoms with Gasteiger partial charge in [-0.2, -0.15) is 0 Å². The molecule has 3 N–H and O–H groups in total. The van der Waals surface area contributed by atoms with E-state index in [1.807, 2.05) is 0 Å². The standard InChI is InChI=1S/C67H106O12/c1-4-7-10-13-16-19-22-25-27-29-30-32-33-36-38-41-44-47-50-53-59(68)75-56-58(77-60(69)54-51-48-45-42-40-37-34-31-28-26-23-20-17-14-11-8-5-2)57-76-67-65(63(72)62(71)64(79-67)66(73)74)78-61(70)55-52-49-46-43-39-35-24-21-18-15-12-9-6-3/h7-8,10-12,15-17,19-21,24-28,30,32,36,38,58,62-65,67,71-72H,4-6,9,13-14,18,22-23,29,31,33-35,37,39-57H2,1-3H3,(H,73,74)/b10-7-,11-8-,15-12-,19-16-,20-17-,24-21-,27-25-,28-26-,32-30-,38-36-. The lowest BCUT2D eigenvalue weighted by molar-refractivity contribution is -0.301. The summed E-state index contributed by atoms with van der Waals surface area (Å²) in [5, 5.41) is 31.5. The Kier molecular flexibility index (Phi) is 49.1. The first-order valence-electron chi connectivity index (χ1n) is 30.5. The van der Waals surface area contributed by atoms with Gasteiger partial charge in [-0.05, 0) is 122 Å². The number of unbranched alkanes of at least 4 members (excludes halogenated alkanes) is 16. The van der Waals surface area contributed by atoms with Gasteiger partial charge in [0.05, 0.1) is 6.61 Å². The van der Waals surface area contributed by atoms with Gasteiger partial charge < -0.3 is 39.0 Å². The Labute approximate surface area is 478 Å². The highest BCUT2D eigenvalue weighted by atomic mass is 16.7. The van der Waals surface area contributed by atoms with Crippen molar-refractivity contribution in [2.75, 3.05) is 13.2 Å². The average molecular weight is 1100 g/mol. The van der Waals surface area contributed by atoms with Gasteiger partial charge in [0, 0.05) is 19.3 Å². The lowest BCUT2D eigenvalue weighted by atomic mass is 9.98. The number of aliphatic hydroxyl groups is 2. The zero-order valence-corrected chi connectivity index (χ0v) is 49.1. The summed E-state index contributed by atoms with van der Waals surface area (Å²) >= 11 is 0. The number of rotatable bonds is 50. The van der Waals surface area contributed by atoms with Crippen LogP contribution >= 0.6 is 0 Å². The maximum absolute atomic E-state index is 13.2. The summed E-state index contributed by atoms with van der Waals surface area (Å²) in [4.78, 5) is 51.2. The van der Waals surface area contributed by atoms with E-state index in [9.17, 15) is 34.5 Å². The molecule has 446 valence electrons. The summed E-state index contributed by atoms with van der Waals surface area (Å²) < 4.78 is 28.4. The Morgan fingerprint density at radius 3 is 1.23 bits per heavy atom. The molecule has 0 saturated carbocycles. The van der Waals surface area contributed by atoms with E-state index in [1.165, 1.54) is 0 Å². The third-order valence-electron chi connectivity index (χ3n) is 13.0. The van der Waals surface area contributed by atoms with E-state index >= 15 is 0 Å². The quantitative estimate of drug-likeness (QED) is 0.0228. The number of aliphatic carboxylic acids is 1. The topological polar surface area (TPSA) is 175 Å². The van der Waals surface area contributed by atoms with Crippen LogP contribution in [0.3, 0.4) is 0 Å². The first-order valence-corrected chi connectivity index (χ1v) is 30.5. The van der Waals surface area contributed by atoms with Gasteiger partial charge in [-0.25, -0.2) is 4.79 Å². The van der Waals surface area contributed by atoms with E-state index in [4.69, 9.17) is 23.7 Å². The van der Waals surface area contributed by atoms with Crippen LogP contribution in [0, 0.1) is 0 Å². The lowest BCUT2D eigenvalue weighted by Gasteiger charge is -2.40. The molecule has 0 aromatic rings. The maximum Gasteiger partial charge on any atom is 0.335 e. The summed E-state index contributed by atoms with van der Waals surface area (Å²) in [6.07, 6.45) is 61.6. The first kappa shape index (κ1) is 72.1. The Balaban J connectivity index is 2.72. The first-order chi connectivity index (χ1) is 38.6. The molecule has 6 atom stereocenters. The fourth-order valence-corrected chi connectivity index (χ4v) is 8.39. The number of ether oxygens (including phenoxy) is 5. The van der Waals surface area contributed by atoms with Gasteiger partial charge in [-0.15, -0.1) is 0 Å². The van der Waals surface area contributed by atoms with Gasteiger partial charge >= 0.3 is 23.9 Å². The number of carbonyl (C=O) groups excluding carboxylic acids is 3. The van der Waals surface area contributed by atoms with Crippen LogP contribution in [0.25, 0.3) is 0 Å². The number of carboxylic acid groups (broad SMARTS) is 1. The van der Waals surface area contributed by atoms with Crippen molar-refractivity contribution in [3.05, 3.63) is 122 Å². The van der Waals surface area contributed by atoms with Crippen molar-refractivity contribution in [2.24, 2.45) is 0 Å². The second-order valence-electron chi connectivity index (χ2n) is 20.2. The molecule has 0 radical (unpaired) electrons. The van der Waals surface area contributed by atoms with Crippen LogP contribution in [0.15, 0.2) is 122 Å². The fourth-order valence-electron chi connectivity index (χ4n) is 8.39. The largest absolute Gasteiger partial charge is 0.479 e. The Morgan fingerprint density at radius 2 is 0.797 bits per heavy atom. The minimum absolute atomic E-state index is 0.0334. The summed E-state index contributed by atoms with van der Waals surface area (Å²) in [6.45, 7) is 5.65. The van der Waals surface area contributed by atoms with E-state index in [2.05, 4.69) is 142 Å². The Morgan fingerprint density at radius 1 is 0.430 bits per heavy atom. The summed E-state index contributed by atoms with van der Waals surface area (Å²) in [6, 6.07) is 0. The highest BCUT2D eigenvalue weighted by Crippen LogP contribution is 2.26. The molecule has 1 saturated heterocycles. The molecule has 1 aliphatic rings. The second kappa shape index (κ2) is 53.7. The van der Waals surface area contributed by atoms with Gasteiger partial charge in [0.2, 0.25) is 0 Å². The smallest absolute Gasteiger partial charge is 0.335 e. The maximum atomic E-state index is 13.2. The normalized spacial score (nSPS) is 18.7. The van der Waals surface area contributed by atoms with Crippen LogP contribution in [-0.2, 0) is 42.9 Å². The predicted molar refractivity (Wildman–Crippen MR) is 321 cm³/mol. The predicted octanol–water partition coefficient (Wildman–Crippen LogP) is 16.0. The van der Waals surface area contributed by atoms with Gasteiger partial charge in [-0.3, -0.25) is 14.4 Å². The summed E-state index contributed by atoms with van der Waals surface area (Å²) in [5.74, 6) is -3.21. The minimum Gasteiger partial charge on any atom is -0.479 e. The molecule has 1 heterocycles. The van der Waals surface area contributed by atoms with E-state index in [0.717, 1.165) is 167 Å². The van der Waals surface area contributed by atoms with Crippen LogP contribution in [0.1, 0.15) is 226 Å². The molecule has 0 spiro atoms. The van der Waals surface area contributed by atoms with Gasteiger partial charge in [0.15, 0.2) is 24.6 Å². The van der Waals surface area contributed by atoms with Crippen molar-refractivity contribution in [1.82, 2.24) is 0 Å². The molecule has 0 aromatic carbocycles. The third-order valence-corrected chi connectivity index (χ3v) is 13.0. The average Bonchev–Trinajstić information content (AvgIpc) is 3.44. The molecule has 1 aliphatic heterocycles. The molecular weight excluding hydrogens is 997 g/mol. The van der Waals surface area contributed by atoms with Crippen molar-refractivity contribution in [3.63, 3.8) is 0 Å². The highest BCUT2D eigenvalue weighted by Gasteiger charge is 2.50. The number of esters is 3. The van der Waals surface area contributed by atoms with E-state index in [1.54, 1.807) is 0 Å². The van der Waals surface area contributed by atoms with E-state index in [-0.39, 0.29) is 25.9 Å². The monoisotopic (exact) mass is 1100 g/mol. The molecule has 0 aromatic heterocycles. The van der Waals surface area contributed by atoms with Crippen LogP contribution in [0.4, 0.5) is 0 Å². The Hall–Kier alpha value is -4.88. The molecule has 12 heteroatoms. The molecule has 12 nitrogen and oxygen atoms in total. The zero-order chi connectivity index (χ0) is 57.5. The molecule has 79 heavy (non-hydrogen) atoms. The molecule has 1 rings (SSSR count). The summed E-state index contributed by atoms with van der Waals surface area (Å²) in [5.41, 5.74) is 0. The van der Waals surface area contributed by atoms with Crippen LogP contribution in [0.5, 0.6) is 0 Å². The third kappa shape index (κ3) is 43.6. The molecule has 0 amide bonds. The minimum atomic E-state index is -1.92. The van der Waals surface area contributed by atoms with E-state index < -0.39 is 67.3 Å². The van der Waals surface area contributed by atoms with Crippen molar-refractivity contribution in [2.45, 2.75) is 263 Å². The lowest BCUT2D eigenvalue weighted by Crippen LogP contribution is -2.61. The number of carboxylic acids is 1. The second-order valence-corrected chi connectivity index (χ2v) is 20.2.